The van der Waals surface area contributed by atoms with Crippen LogP contribution in [0.3, 0.4) is 0 Å². The Balaban J connectivity index is 1.89. The molecule has 0 aromatic carbocycles. The Kier molecular flexibility index (Phi) is 2.81. The van der Waals surface area contributed by atoms with Gasteiger partial charge in [0, 0.05) is 12.4 Å². The maximum Gasteiger partial charge on any atom is 0.287 e. The Bertz CT molecular complexity index is 898. The first-order valence-corrected chi connectivity index (χ1v) is 6.66. The van der Waals surface area contributed by atoms with Gasteiger partial charge in [-0.1, -0.05) is 0 Å². The zero-order chi connectivity index (χ0) is 15.4. The van der Waals surface area contributed by atoms with Crippen molar-refractivity contribution in [3.63, 3.8) is 0 Å². The number of imidazole rings is 2. The van der Waals surface area contributed by atoms with Crippen molar-refractivity contribution in [2.75, 3.05) is 6.61 Å². The highest BCUT2D eigenvalue weighted by Gasteiger charge is 2.43. The van der Waals surface area contributed by atoms with Gasteiger partial charge in [0.05, 0.1) is 12.9 Å². The minimum Gasteiger partial charge on any atom is -0.394 e. The van der Waals surface area contributed by atoms with Crippen LogP contribution >= 0.6 is 0 Å². The molecule has 4 heterocycles. The summed E-state index contributed by atoms with van der Waals surface area (Å²) in [6, 6.07) is 0. The molecule has 0 radical (unpaired) electrons. The van der Waals surface area contributed by atoms with Gasteiger partial charge in [-0.15, -0.1) is 0 Å². The van der Waals surface area contributed by atoms with Crippen LogP contribution in [0.15, 0.2) is 23.5 Å². The van der Waals surface area contributed by atoms with Crippen LogP contribution in [0, 0.1) is 0 Å². The fourth-order valence-electron chi connectivity index (χ4n) is 2.72. The van der Waals surface area contributed by atoms with Crippen molar-refractivity contribution in [2.24, 2.45) is 0 Å². The number of rotatable bonds is 2. The monoisotopic (exact) mass is 307 g/mol. The first kappa shape index (κ1) is 13.4. The second-order valence-electron chi connectivity index (χ2n) is 5.13. The summed E-state index contributed by atoms with van der Waals surface area (Å²) in [5.41, 5.74) is 0.119. The lowest BCUT2D eigenvalue weighted by Crippen LogP contribution is -2.33. The zero-order valence-corrected chi connectivity index (χ0v) is 11.2. The fraction of sp³-hybridized carbons (Fsp3) is 0.417. The van der Waals surface area contributed by atoms with Gasteiger partial charge in [0.2, 0.25) is 5.78 Å². The summed E-state index contributed by atoms with van der Waals surface area (Å²) < 4.78 is 8.17. The summed E-state index contributed by atoms with van der Waals surface area (Å²) in [7, 11) is 0. The SMILES string of the molecule is O=c1c2ncn(C3O[C@H](CO)[C@@H](O)[C@H]3O)c2[nH]c2nccn12. The van der Waals surface area contributed by atoms with Crippen LogP contribution in [0.4, 0.5) is 0 Å². The Hall–Kier alpha value is -2.27. The van der Waals surface area contributed by atoms with Crippen LogP contribution in [0.2, 0.25) is 0 Å². The van der Waals surface area contributed by atoms with E-state index >= 15 is 0 Å². The number of hydrogen-bond acceptors (Lipinski definition) is 7. The quantitative estimate of drug-likeness (QED) is 0.429. The Labute approximate surface area is 122 Å². The van der Waals surface area contributed by atoms with Gasteiger partial charge in [-0.25, -0.2) is 14.4 Å². The van der Waals surface area contributed by atoms with E-state index in [0.29, 0.717) is 11.4 Å². The van der Waals surface area contributed by atoms with E-state index in [4.69, 9.17) is 9.84 Å². The molecule has 10 heteroatoms. The van der Waals surface area contributed by atoms with Crippen molar-refractivity contribution >= 4 is 16.9 Å². The minimum atomic E-state index is -1.26. The Morgan fingerprint density at radius 2 is 2.14 bits per heavy atom. The third kappa shape index (κ3) is 1.66. The number of aliphatic hydroxyl groups excluding tert-OH is 3. The highest BCUT2D eigenvalue weighted by atomic mass is 16.6. The van der Waals surface area contributed by atoms with Gasteiger partial charge in [0.25, 0.3) is 5.56 Å². The lowest BCUT2D eigenvalue weighted by Gasteiger charge is -2.16. The molecule has 0 saturated carbocycles. The molecule has 0 bridgehead atoms. The van der Waals surface area contributed by atoms with Crippen molar-refractivity contribution in [1.82, 2.24) is 23.9 Å². The third-order valence-corrected chi connectivity index (χ3v) is 3.88. The van der Waals surface area contributed by atoms with E-state index in [0.717, 1.165) is 0 Å². The number of nitrogens with one attached hydrogen (secondary N) is 1. The van der Waals surface area contributed by atoms with Crippen LogP contribution in [0.5, 0.6) is 0 Å². The van der Waals surface area contributed by atoms with E-state index in [-0.39, 0.29) is 11.1 Å². The van der Waals surface area contributed by atoms with Gasteiger partial charge in [-0.3, -0.25) is 9.36 Å². The van der Waals surface area contributed by atoms with Crippen molar-refractivity contribution in [3.05, 3.63) is 29.1 Å². The van der Waals surface area contributed by atoms with Crippen LogP contribution in [0.1, 0.15) is 6.23 Å². The number of aromatic amines is 1. The van der Waals surface area contributed by atoms with Crippen molar-refractivity contribution in [3.8, 4) is 0 Å². The number of fused-ring (bicyclic) bond motifs is 2. The van der Waals surface area contributed by atoms with Gasteiger partial charge in [-0.05, 0) is 0 Å². The molecule has 116 valence electrons. The van der Waals surface area contributed by atoms with Gasteiger partial charge >= 0.3 is 0 Å². The molecule has 1 fully saturated rings. The number of aliphatic hydroxyl groups is 3. The number of aromatic nitrogens is 5. The van der Waals surface area contributed by atoms with E-state index in [1.54, 1.807) is 0 Å². The predicted molar refractivity (Wildman–Crippen MR) is 72.1 cm³/mol. The van der Waals surface area contributed by atoms with E-state index < -0.39 is 31.1 Å². The number of H-pyrrole nitrogens is 1. The molecule has 22 heavy (non-hydrogen) atoms. The summed E-state index contributed by atoms with van der Waals surface area (Å²) in [4.78, 5) is 23.3. The van der Waals surface area contributed by atoms with Crippen molar-refractivity contribution in [1.29, 1.82) is 0 Å². The van der Waals surface area contributed by atoms with Crippen LogP contribution < -0.4 is 5.56 Å². The molecule has 0 spiro atoms. The van der Waals surface area contributed by atoms with Gasteiger partial charge in [0.1, 0.15) is 24.0 Å². The molecule has 3 aromatic rings. The number of nitrogens with zero attached hydrogens (tertiary/aromatic N) is 4. The van der Waals surface area contributed by atoms with E-state index in [1.807, 2.05) is 0 Å². The van der Waals surface area contributed by atoms with Crippen molar-refractivity contribution < 1.29 is 20.1 Å². The lowest BCUT2D eigenvalue weighted by molar-refractivity contribution is -0.0511. The van der Waals surface area contributed by atoms with Gasteiger partial charge < -0.3 is 25.0 Å². The first-order chi connectivity index (χ1) is 10.6. The molecule has 4 atom stereocenters. The maximum absolute atomic E-state index is 12.3. The lowest BCUT2D eigenvalue weighted by atomic mass is 10.1. The molecule has 10 nitrogen and oxygen atoms in total. The third-order valence-electron chi connectivity index (χ3n) is 3.88. The van der Waals surface area contributed by atoms with Crippen LogP contribution in [0.25, 0.3) is 16.9 Å². The van der Waals surface area contributed by atoms with Gasteiger partial charge in [-0.2, -0.15) is 0 Å². The minimum absolute atomic E-state index is 0.156. The molecule has 0 aliphatic carbocycles. The summed E-state index contributed by atoms with van der Waals surface area (Å²) >= 11 is 0. The second kappa shape index (κ2) is 4.61. The zero-order valence-electron chi connectivity index (χ0n) is 11.2. The molecule has 4 N–H and O–H groups in total. The summed E-state index contributed by atoms with van der Waals surface area (Å²) in [6.45, 7) is -0.428. The number of hydrogen-bond donors (Lipinski definition) is 4. The average Bonchev–Trinajstić information content (AvgIpc) is 3.20. The van der Waals surface area contributed by atoms with Crippen LogP contribution in [-0.4, -0.2) is 64.2 Å². The molecule has 4 rings (SSSR count). The molecule has 1 unspecified atom stereocenters. The van der Waals surface area contributed by atoms with Gasteiger partial charge in [0.15, 0.2) is 11.7 Å². The van der Waals surface area contributed by atoms with E-state index in [1.165, 1.54) is 27.7 Å². The Morgan fingerprint density at radius 1 is 1.32 bits per heavy atom. The molecule has 3 aromatic heterocycles. The molecule has 1 aliphatic heterocycles. The predicted octanol–water partition coefficient (Wildman–Crippen LogP) is -2.02. The fourth-order valence-corrected chi connectivity index (χ4v) is 2.72. The topological polar surface area (TPSA) is 138 Å². The maximum atomic E-state index is 12.3. The molecular weight excluding hydrogens is 294 g/mol. The van der Waals surface area contributed by atoms with E-state index in [9.17, 15) is 15.0 Å². The highest BCUT2D eigenvalue weighted by molar-refractivity contribution is 5.71. The standard InChI is InChI=1S/C12H13N5O5/c18-3-5-7(19)8(20)11(22-5)17-4-14-6-9(17)15-12-13-1-2-16(12)10(6)21/h1-2,4-5,7-8,11,18-20H,3H2,(H,13,15)/t5-,7-,8-,11?/m1/s1. The normalized spacial score (nSPS) is 28.9. The highest BCUT2D eigenvalue weighted by Crippen LogP contribution is 2.30. The summed E-state index contributed by atoms with van der Waals surface area (Å²) in [6.07, 6.45) is -0.0300. The molecule has 1 aliphatic rings. The summed E-state index contributed by atoms with van der Waals surface area (Å²) in [5.74, 6) is 0.325. The number of ether oxygens (including phenoxy) is 1. The Morgan fingerprint density at radius 3 is 2.86 bits per heavy atom. The molecule has 1 saturated heterocycles. The first-order valence-electron chi connectivity index (χ1n) is 6.66. The summed E-state index contributed by atoms with van der Waals surface area (Å²) in [5, 5.41) is 29.1. The van der Waals surface area contributed by atoms with Crippen LogP contribution in [-0.2, 0) is 4.74 Å². The van der Waals surface area contributed by atoms with Crippen molar-refractivity contribution in [2.45, 2.75) is 24.5 Å². The molecular formula is C12H13N5O5. The van der Waals surface area contributed by atoms with E-state index in [2.05, 4.69) is 15.0 Å². The largest absolute Gasteiger partial charge is 0.394 e. The smallest absolute Gasteiger partial charge is 0.287 e. The second-order valence-corrected chi connectivity index (χ2v) is 5.13. The average molecular weight is 307 g/mol. The molecule has 0 amide bonds.